The van der Waals surface area contributed by atoms with E-state index in [2.05, 4.69) is 20.8 Å². The Hall–Kier alpha value is -2.04. The minimum Gasteiger partial charge on any atom is -0.465 e. The first-order valence-corrected chi connectivity index (χ1v) is 8.53. The molecule has 0 saturated heterocycles. The van der Waals surface area contributed by atoms with Gasteiger partial charge in [0, 0.05) is 6.08 Å². The lowest BCUT2D eigenvalue weighted by Gasteiger charge is -2.36. The maximum Gasteiger partial charge on any atom is 0.344 e. The fraction of sp³-hybridized carbons (Fsp3) is 0.579. The lowest BCUT2D eigenvalue weighted by molar-refractivity contribution is -0.165. The van der Waals surface area contributed by atoms with Crippen LogP contribution in [0.15, 0.2) is 28.9 Å². The Labute approximate surface area is 143 Å². The average molecular weight is 334 g/mol. The highest BCUT2D eigenvalue weighted by Gasteiger charge is 2.33. The van der Waals surface area contributed by atoms with Gasteiger partial charge < -0.3 is 13.9 Å². The molecule has 0 aliphatic heterocycles. The molecule has 5 heteroatoms. The zero-order valence-electron chi connectivity index (χ0n) is 14.6. The first-order chi connectivity index (χ1) is 11.5. The molecule has 0 radical (unpaired) electrons. The van der Waals surface area contributed by atoms with Gasteiger partial charge >= 0.3 is 11.9 Å². The van der Waals surface area contributed by atoms with E-state index in [4.69, 9.17) is 13.9 Å². The summed E-state index contributed by atoms with van der Waals surface area (Å²) in [6.45, 7) is 6.12. The van der Waals surface area contributed by atoms with E-state index in [-0.39, 0.29) is 12.7 Å². The third kappa shape index (κ3) is 5.55. The van der Waals surface area contributed by atoms with E-state index in [1.165, 1.54) is 24.8 Å². The molecule has 5 nitrogen and oxygen atoms in total. The van der Waals surface area contributed by atoms with Crippen molar-refractivity contribution < 1.29 is 23.5 Å². The van der Waals surface area contributed by atoms with E-state index >= 15 is 0 Å². The van der Waals surface area contributed by atoms with Crippen LogP contribution in [0.3, 0.4) is 0 Å². The molecule has 1 aromatic rings. The van der Waals surface area contributed by atoms with Gasteiger partial charge in [-0.15, -0.1) is 0 Å². The van der Waals surface area contributed by atoms with Gasteiger partial charge in [-0.1, -0.05) is 27.2 Å². The van der Waals surface area contributed by atoms with Gasteiger partial charge in [0.2, 0.25) is 0 Å². The zero-order valence-corrected chi connectivity index (χ0v) is 14.6. The van der Waals surface area contributed by atoms with Crippen molar-refractivity contribution in [1.29, 1.82) is 0 Å². The molecule has 0 amide bonds. The monoisotopic (exact) mass is 334 g/mol. The lowest BCUT2D eigenvalue weighted by Crippen LogP contribution is -2.36. The Balaban J connectivity index is 1.78. The molecule has 0 bridgehead atoms. The van der Waals surface area contributed by atoms with Gasteiger partial charge in [-0.25, -0.2) is 9.59 Å². The van der Waals surface area contributed by atoms with Crippen molar-refractivity contribution in [3.63, 3.8) is 0 Å². The third-order valence-electron chi connectivity index (χ3n) is 4.50. The summed E-state index contributed by atoms with van der Waals surface area (Å²) < 4.78 is 15.6. The van der Waals surface area contributed by atoms with Crippen LogP contribution in [-0.2, 0) is 19.1 Å². The molecule has 0 spiro atoms. The molecule has 24 heavy (non-hydrogen) atoms. The quantitative estimate of drug-likeness (QED) is 0.584. The summed E-state index contributed by atoms with van der Waals surface area (Å²) >= 11 is 0. The summed E-state index contributed by atoms with van der Waals surface area (Å²) in [6.07, 6.45) is 7.27. The Bertz CT molecular complexity index is 558. The number of rotatable bonds is 6. The number of carbonyl (C=O) groups is 2. The molecule has 1 aromatic heterocycles. The van der Waals surface area contributed by atoms with E-state index in [9.17, 15) is 9.59 Å². The molecule has 1 saturated carbocycles. The second kappa shape index (κ2) is 8.71. The van der Waals surface area contributed by atoms with Crippen molar-refractivity contribution in [3.8, 4) is 0 Å². The number of hydrogen-bond donors (Lipinski definition) is 0. The Morgan fingerprint density at radius 1 is 1.38 bits per heavy atom. The van der Waals surface area contributed by atoms with Crippen LogP contribution in [-0.4, -0.2) is 24.6 Å². The van der Waals surface area contributed by atoms with Gasteiger partial charge in [-0.2, -0.15) is 0 Å². The minimum absolute atomic E-state index is 0.0846. The molecular formula is C19H26O5. The first kappa shape index (κ1) is 18.3. The highest BCUT2D eigenvalue weighted by molar-refractivity contribution is 5.88. The predicted molar refractivity (Wildman–Crippen MR) is 89.9 cm³/mol. The summed E-state index contributed by atoms with van der Waals surface area (Å²) in [7, 11) is 0. The fourth-order valence-electron chi connectivity index (χ4n) is 3.17. The van der Waals surface area contributed by atoms with Gasteiger partial charge in [0.15, 0.2) is 6.61 Å². The van der Waals surface area contributed by atoms with Gasteiger partial charge in [0.25, 0.3) is 0 Å². The molecule has 132 valence electrons. The van der Waals surface area contributed by atoms with Crippen molar-refractivity contribution in [1.82, 2.24) is 0 Å². The molecule has 0 N–H and O–H groups in total. The summed E-state index contributed by atoms with van der Waals surface area (Å²) in [5.41, 5.74) is 0. The highest BCUT2D eigenvalue weighted by Crippen LogP contribution is 2.35. The topological polar surface area (TPSA) is 65.7 Å². The number of ether oxygens (including phenoxy) is 2. The normalized spacial score (nSPS) is 24.2. The van der Waals surface area contributed by atoms with Gasteiger partial charge in [-0.3, -0.25) is 0 Å². The highest BCUT2D eigenvalue weighted by atomic mass is 16.6. The second-order valence-corrected chi connectivity index (χ2v) is 6.81. The lowest BCUT2D eigenvalue weighted by atomic mass is 9.75. The van der Waals surface area contributed by atoms with Gasteiger partial charge in [-0.05, 0) is 48.8 Å². The van der Waals surface area contributed by atoms with Crippen molar-refractivity contribution in [3.05, 3.63) is 30.2 Å². The van der Waals surface area contributed by atoms with E-state index in [1.807, 2.05) is 0 Å². The maximum absolute atomic E-state index is 12.0. The second-order valence-electron chi connectivity index (χ2n) is 6.81. The number of hydrogen-bond acceptors (Lipinski definition) is 5. The van der Waals surface area contributed by atoms with Crippen LogP contribution >= 0.6 is 0 Å². The molecule has 0 aromatic carbocycles. The minimum atomic E-state index is -0.597. The van der Waals surface area contributed by atoms with Gasteiger partial charge in [0.1, 0.15) is 11.9 Å². The summed E-state index contributed by atoms with van der Waals surface area (Å²) in [4.78, 5) is 23.6. The largest absolute Gasteiger partial charge is 0.465 e. The molecule has 3 atom stereocenters. The van der Waals surface area contributed by atoms with Crippen LogP contribution in [0.1, 0.15) is 45.8 Å². The van der Waals surface area contributed by atoms with Crippen molar-refractivity contribution in [2.45, 2.75) is 46.1 Å². The van der Waals surface area contributed by atoms with Crippen LogP contribution in [0.5, 0.6) is 0 Å². The first-order valence-electron chi connectivity index (χ1n) is 8.53. The van der Waals surface area contributed by atoms with Crippen LogP contribution in [0.25, 0.3) is 6.08 Å². The molecule has 1 aliphatic carbocycles. The SMILES string of the molecule is CC1CCC(C(C)C)C(OC(=O)COC(=O)/C=C/c2ccco2)C1. The standard InChI is InChI=1S/C19H26O5/c1-13(2)16-8-6-14(3)11-17(16)24-19(21)12-23-18(20)9-7-15-5-4-10-22-15/h4-5,7,9-10,13-14,16-17H,6,8,11-12H2,1-3H3/b9-7+. The molecule has 1 fully saturated rings. The van der Waals surface area contributed by atoms with Crippen molar-refractivity contribution >= 4 is 18.0 Å². The van der Waals surface area contributed by atoms with Crippen LogP contribution in [0, 0.1) is 17.8 Å². The van der Waals surface area contributed by atoms with E-state index in [1.54, 1.807) is 12.1 Å². The molecule has 1 aliphatic rings. The zero-order chi connectivity index (χ0) is 17.5. The average Bonchev–Trinajstić information content (AvgIpc) is 3.04. The molecule has 3 unspecified atom stereocenters. The number of furan rings is 1. The maximum atomic E-state index is 12.0. The van der Waals surface area contributed by atoms with Gasteiger partial charge in [0.05, 0.1) is 6.26 Å². The number of esters is 2. The summed E-state index contributed by atoms with van der Waals surface area (Å²) in [5, 5.41) is 0. The Kier molecular flexibility index (Phi) is 6.64. The Morgan fingerprint density at radius 2 is 2.17 bits per heavy atom. The molecule has 1 heterocycles. The van der Waals surface area contributed by atoms with Crippen LogP contribution in [0.2, 0.25) is 0 Å². The third-order valence-corrected chi connectivity index (χ3v) is 4.50. The summed E-state index contributed by atoms with van der Waals surface area (Å²) in [5.74, 6) is 0.858. The van der Waals surface area contributed by atoms with Crippen LogP contribution in [0.4, 0.5) is 0 Å². The Morgan fingerprint density at radius 3 is 2.83 bits per heavy atom. The van der Waals surface area contributed by atoms with E-state index < -0.39 is 11.9 Å². The smallest absolute Gasteiger partial charge is 0.344 e. The number of carbonyl (C=O) groups excluding carboxylic acids is 2. The fourth-order valence-corrected chi connectivity index (χ4v) is 3.17. The predicted octanol–water partition coefficient (Wildman–Crippen LogP) is 3.84. The molecule has 2 rings (SSSR count). The summed E-state index contributed by atoms with van der Waals surface area (Å²) in [6, 6.07) is 3.44. The van der Waals surface area contributed by atoms with E-state index in [0.29, 0.717) is 23.5 Å². The van der Waals surface area contributed by atoms with Crippen molar-refractivity contribution in [2.24, 2.45) is 17.8 Å². The van der Waals surface area contributed by atoms with Crippen LogP contribution < -0.4 is 0 Å². The van der Waals surface area contributed by atoms with E-state index in [0.717, 1.165) is 12.8 Å². The molecular weight excluding hydrogens is 308 g/mol. The van der Waals surface area contributed by atoms with Crippen molar-refractivity contribution in [2.75, 3.05) is 6.61 Å².